The third kappa shape index (κ3) is 4.08. The quantitative estimate of drug-likeness (QED) is 0.185. The second kappa shape index (κ2) is 11.4. The first-order valence-corrected chi connectivity index (χ1v) is 19.1. The SMILES string of the molecule is C1=Cc2c(c3c(c4nc(-n5c6ccccc6c6c7c8ccccc8n(-c8cccc9ccccc89)c7ccc65)c(-c5ccccc5)nc24)CCC=C3)CC1. The number of allylic oxidation sites excluding steroid dienone is 2. The molecule has 12 rings (SSSR count). The summed E-state index contributed by atoms with van der Waals surface area (Å²) in [5.41, 5.74) is 15.1. The summed E-state index contributed by atoms with van der Waals surface area (Å²) in [4.78, 5) is 11.4. The highest BCUT2D eigenvalue weighted by Crippen LogP contribution is 2.45. The molecule has 10 aromatic rings. The maximum absolute atomic E-state index is 5.77. The molecule has 4 heteroatoms. The third-order valence-corrected chi connectivity index (χ3v) is 11.8. The first kappa shape index (κ1) is 29.8. The number of fused-ring (bicyclic) bond motifs is 14. The van der Waals surface area contributed by atoms with Crippen molar-refractivity contribution in [3.05, 3.63) is 168 Å². The number of rotatable bonds is 3. The highest BCUT2D eigenvalue weighted by molar-refractivity contribution is 6.29. The molecule has 4 nitrogen and oxygen atoms in total. The van der Waals surface area contributed by atoms with Gasteiger partial charge in [-0.2, -0.15) is 0 Å². The fourth-order valence-electron chi connectivity index (χ4n) is 9.54. The van der Waals surface area contributed by atoms with E-state index in [1.54, 1.807) is 0 Å². The Labute approximate surface area is 311 Å². The van der Waals surface area contributed by atoms with E-state index in [0.717, 1.165) is 64.8 Å². The molecule has 0 aliphatic heterocycles. The molecule has 0 unspecified atom stereocenters. The number of hydrogen-bond acceptors (Lipinski definition) is 2. The average molecular weight is 691 g/mol. The van der Waals surface area contributed by atoms with Crippen molar-refractivity contribution >= 4 is 77.6 Å². The van der Waals surface area contributed by atoms with Crippen LogP contribution in [-0.4, -0.2) is 19.1 Å². The molecule has 0 radical (unpaired) electrons. The van der Waals surface area contributed by atoms with Gasteiger partial charge in [0.1, 0.15) is 5.69 Å². The molecule has 0 bridgehead atoms. The predicted octanol–water partition coefficient (Wildman–Crippen LogP) is 12.6. The first-order valence-electron chi connectivity index (χ1n) is 19.1. The Kier molecular flexibility index (Phi) is 6.26. The average Bonchev–Trinajstić information content (AvgIpc) is 3.76. The van der Waals surface area contributed by atoms with Crippen molar-refractivity contribution in [1.82, 2.24) is 19.1 Å². The highest BCUT2D eigenvalue weighted by atomic mass is 15.1. The van der Waals surface area contributed by atoms with Crippen molar-refractivity contribution in [1.29, 1.82) is 0 Å². The largest absolute Gasteiger partial charge is 0.309 e. The van der Waals surface area contributed by atoms with Crippen LogP contribution < -0.4 is 0 Å². The van der Waals surface area contributed by atoms with Gasteiger partial charge in [-0.25, -0.2) is 9.97 Å². The number of nitrogens with zero attached hydrogens (tertiary/aromatic N) is 4. The number of aryl methyl sites for hydroxylation is 1. The summed E-state index contributed by atoms with van der Waals surface area (Å²) in [5, 5.41) is 7.40. The summed E-state index contributed by atoms with van der Waals surface area (Å²) in [5.74, 6) is 0.869. The first-order chi connectivity index (χ1) is 26.8. The van der Waals surface area contributed by atoms with Crippen LogP contribution in [0.4, 0.5) is 0 Å². The van der Waals surface area contributed by atoms with Gasteiger partial charge in [-0.15, -0.1) is 0 Å². The van der Waals surface area contributed by atoms with Gasteiger partial charge in [0.15, 0.2) is 5.82 Å². The molecule has 54 heavy (non-hydrogen) atoms. The number of benzene rings is 7. The summed E-state index contributed by atoms with van der Waals surface area (Å²) in [6, 6.07) is 48.3. The van der Waals surface area contributed by atoms with Crippen LogP contribution >= 0.6 is 0 Å². The van der Waals surface area contributed by atoms with E-state index in [2.05, 4.69) is 167 Å². The van der Waals surface area contributed by atoms with Gasteiger partial charge in [-0.3, -0.25) is 4.57 Å². The Hall–Kier alpha value is -6.78. The topological polar surface area (TPSA) is 35.6 Å². The van der Waals surface area contributed by atoms with Crippen LogP contribution in [-0.2, 0) is 12.8 Å². The van der Waals surface area contributed by atoms with E-state index in [-0.39, 0.29) is 0 Å². The summed E-state index contributed by atoms with van der Waals surface area (Å²) in [7, 11) is 0. The molecule has 0 spiro atoms. The zero-order valence-corrected chi connectivity index (χ0v) is 29.6. The lowest BCUT2D eigenvalue weighted by atomic mass is 9.84. The van der Waals surface area contributed by atoms with Crippen LogP contribution in [0.2, 0.25) is 0 Å². The van der Waals surface area contributed by atoms with Gasteiger partial charge in [-0.1, -0.05) is 127 Å². The van der Waals surface area contributed by atoms with Crippen LogP contribution in [0.1, 0.15) is 35.1 Å². The number of aromatic nitrogens is 4. The lowest BCUT2D eigenvalue weighted by Gasteiger charge is -2.23. The van der Waals surface area contributed by atoms with Crippen LogP contribution in [0.25, 0.3) is 100 Å². The van der Waals surface area contributed by atoms with Crippen molar-refractivity contribution in [3.63, 3.8) is 0 Å². The maximum Gasteiger partial charge on any atom is 0.165 e. The molecule has 2 aliphatic rings. The standard InChI is InChI=1S/C50H34N4/c1-2-16-32(17-3-1)47-50(52-49-37-23-9-7-21-35(37)34-20-6-8-22-36(34)48(49)51-47)54-42-27-13-11-25-39(42)46-44(54)30-29-43-45(46)38-24-10-12-26-41(38)53(43)40-28-14-18-31-15-4-5-19-33(31)40/h1-5,7-8,10-19,21-22,24-30H,6,9,20,23H2. The Morgan fingerprint density at radius 1 is 0.444 bits per heavy atom. The van der Waals surface area contributed by atoms with Gasteiger partial charge in [0, 0.05) is 38.1 Å². The molecule has 0 atom stereocenters. The molecule has 0 amide bonds. The monoisotopic (exact) mass is 690 g/mol. The zero-order valence-electron chi connectivity index (χ0n) is 29.6. The van der Waals surface area contributed by atoms with Crippen molar-refractivity contribution in [2.24, 2.45) is 0 Å². The fourth-order valence-corrected chi connectivity index (χ4v) is 9.54. The van der Waals surface area contributed by atoms with Gasteiger partial charge in [0.25, 0.3) is 0 Å². The maximum atomic E-state index is 5.77. The van der Waals surface area contributed by atoms with Crippen molar-refractivity contribution in [2.45, 2.75) is 25.7 Å². The van der Waals surface area contributed by atoms with Crippen molar-refractivity contribution in [3.8, 4) is 22.8 Å². The summed E-state index contributed by atoms with van der Waals surface area (Å²) >= 11 is 0. The summed E-state index contributed by atoms with van der Waals surface area (Å²) in [6.07, 6.45) is 13.3. The van der Waals surface area contributed by atoms with Crippen LogP contribution in [0.15, 0.2) is 146 Å². The molecule has 3 heterocycles. The molecule has 0 N–H and O–H groups in total. The zero-order chi connectivity index (χ0) is 35.3. The van der Waals surface area contributed by atoms with E-state index in [9.17, 15) is 0 Å². The molecular weight excluding hydrogens is 657 g/mol. The normalized spacial score (nSPS) is 13.9. The Bertz CT molecular complexity index is 3260. The summed E-state index contributed by atoms with van der Waals surface area (Å²) < 4.78 is 4.85. The van der Waals surface area contributed by atoms with Gasteiger partial charge in [0.05, 0.1) is 38.8 Å². The van der Waals surface area contributed by atoms with Crippen LogP contribution in [0.5, 0.6) is 0 Å². The molecular formula is C50H34N4. The molecule has 7 aromatic carbocycles. The third-order valence-electron chi connectivity index (χ3n) is 11.8. The van der Waals surface area contributed by atoms with E-state index < -0.39 is 0 Å². The van der Waals surface area contributed by atoms with Crippen molar-refractivity contribution in [2.75, 3.05) is 0 Å². The van der Waals surface area contributed by atoms with Crippen LogP contribution in [0, 0.1) is 0 Å². The van der Waals surface area contributed by atoms with E-state index in [4.69, 9.17) is 9.97 Å². The minimum absolute atomic E-state index is 0.869. The van der Waals surface area contributed by atoms with E-state index in [0.29, 0.717) is 0 Å². The minimum atomic E-state index is 0.869. The number of para-hydroxylation sites is 2. The molecule has 0 saturated carbocycles. The van der Waals surface area contributed by atoms with Gasteiger partial charge >= 0.3 is 0 Å². The van der Waals surface area contributed by atoms with E-state index >= 15 is 0 Å². The highest BCUT2D eigenvalue weighted by Gasteiger charge is 2.27. The minimum Gasteiger partial charge on any atom is -0.309 e. The van der Waals surface area contributed by atoms with Crippen molar-refractivity contribution < 1.29 is 0 Å². The number of hydrogen-bond donors (Lipinski definition) is 0. The lowest BCUT2D eigenvalue weighted by molar-refractivity contribution is 0.940. The van der Waals surface area contributed by atoms with Gasteiger partial charge < -0.3 is 4.57 Å². The fraction of sp³-hybridized carbons (Fsp3) is 0.0800. The molecule has 254 valence electrons. The second-order valence-corrected chi connectivity index (χ2v) is 14.7. The predicted molar refractivity (Wildman–Crippen MR) is 226 cm³/mol. The molecule has 2 aliphatic carbocycles. The lowest BCUT2D eigenvalue weighted by Crippen LogP contribution is -2.11. The van der Waals surface area contributed by atoms with E-state index in [1.807, 2.05) is 0 Å². The van der Waals surface area contributed by atoms with Crippen LogP contribution in [0.3, 0.4) is 0 Å². The molecule has 0 saturated heterocycles. The Balaban J connectivity index is 1.24. The smallest absolute Gasteiger partial charge is 0.165 e. The Morgan fingerprint density at radius 3 is 1.83 bits per heavy atom. The summed E-state index contributed by atoms with van der Waals surface area (Å²) in [6.45, 7) is 0. The van der Waals surface area contributed by atoms with Gasteiger partial charge in [-0.05, 0) is 78.1 Å². The van der Waals surface area contributed by atoms with E-state index in [1.165, 1.54) is 71.3 Å². The molecule has 3 aromatic heterocycles. The molecule has 0 fully saturated rings. The van der Waals surface area contributed by atoms with Gasteiger partial charge in [0.2, 0.25) is 0 Å². The second-order valence-electron chi connectivity index (χ2n) is 14.7. The Morgan fingerprint density at radius 2 is 1.06 bits per heavy atom.